The van der Waals surface area contributed by atoms with Gasteiger partial charge in [-0.25, -0.2) is 4.39 Å². The molecule has 0 saturated heterocycles. The van der Waals surface area contributed by atoms with E-state index < -0.39 is 5.54 Å². The number of nitrogens with two attached hydrogens (primary N) is 1. The lowest BCUT2D eigenvalue weighted by Crippen LogP contribution is -2.38. The molecule has 1 heterocycles. The Bertz CT molecular complexity index is 586. The van der Waals surface area contributed by atoms with E-state index in [1.165, 1.54) is 6.07 Å². The van der Waals surface area contributed by atoms with Crippen molar-refractivity contribution in [1.29, 1.82) is 0 Å². The zero-order chi connectivity index (χ0) is 14.0. The van der Waals surface area contributed by atoms with Crippen molar-refractivity contribution in [3.05, 3.63) is 34.3 Å². The first-order chi connectivity index (χ1) is 8.94. The van der Waals surface area contributed by atoms with Crippen molar-refractivity contribution in [2.45, 2.75) is 12.5 Å². The molecule has 0 bridgehead atoms. The number of methoxy groups -OCH3 is 1. The Hall–Kier alpha value is -1.31. The van der Waals surface area contributed by atoms with Gasteiger partial charge in [0.15, 0.2) is 5.82 Å². The van der Waals surface area contributed by atoms with E-state index in [4.69, 9.17) is 15.0 Å². The first-order valence-corrected chi connectivity index (χ1v) is 6.31. The van der Waals surface area contributed by atoms with Crippen LogP contribution in [0.25, 0.3) is 11.5 Å². The molecule has 0 saturated carbocycles. The van der Waals surface area contributed by atoms with Gasteiger partial charge in [-0.3, -0.25) is 0 Å². The van der Waals surface area contributed by atoms with Crippen molar-refractivity contribution in [3.8, 4) is 11.5 Å². The molecule has 0 aliphatic rings. The largest absolute Gasteiger partial charge is 0.382 e. The third kappa shape index (κ3) is 2.99. The average molecular weight is 330 g/mol. The standard InChI is InChI=1S/C12H13BrFN3O2/c1-12(15,6-18-2)11-16-10(19-17-11)7-3-4-9(14)8(13)5-7/h3-5H,6,15H2,1-2H3. The maximum Gasteiger partial charge on any atom is 0.258 e. The molecule has 19 heavy (non-hydrogen) atoms. The van der Waals surface area contributed by atoms with E-state index in [2.05, 4.69) is 26.1 Å². The summed E-state index contributed by atoms with van der Waals surface area (Å²) >= 11 is 3.10. The van der Waals surface area contributed by atoms with Crippen molar-refractivity contribution in [3.63, 3.8) is 0 Å². The Balaban J connectivity index is 2.33. The Morgan fingerprint density at radius 3 is 2.89 bits per heavy atom. The molecule has 7 heteroatoms. The van der Waals surface area contributed by atoms with Crippen LogP contribution < -0.4 is 5.73 Å². The molecular formula is C12H13BrFN3O2. The van der Waals surface area contributed by atoms with Crippen LogP contribution in [0.5, 0.6) is 0 Å². The fourth-order valence-electron chi connectivity index (χ4n) is 1.57. The number of benzene rings is 1. The molecule has 0 radical (unpaired) electrons. The number of hydrogen-bond acceptors (Lipinski definition) is 5. The molecule has 2 aromatic rings. The van der Waals surface area contributed by atoms with Gasteiger partial charge in [-0.2, -0.15) is 4.98 Å². The summed E-state index contributed by atoms with van der Waals surface area (Å²) in [6.45, 7) is 2.00. The van der Waals surface area contributed by atoms with Crippen LogP contribution in [-0.4, -0.2) is 23.9 Å². The van der Waals surface area contributed by atoms with Gasteiger partial charge in [0.25, 0.3) is 5.89 Å². The van der Waals surface area contributed by atoms with Crippen LogP contribution >= 0.6 is 15.9 Å². The lowest BCUT2D eigenvalue weighted by Gasteiger charge is -2.18. The average Bonchev–Trinajstić information content (AvgIpc) is 2.83. The van der Waals surface area contributed by atoms with Gasteiger partial charge >= 0.3 is 0 Å². The maximum atomic E-state index is 13.2. The second-order valence-electron chi connectivity index (χ2n) is 4.40. The van der Waals surface area contributed by atoms with Gasteiger partial charge in [0.2, 0.25) is 0 Å². The molecule has 1 atom stereocenters. The fraction of sp³-hybridized carbons (Fsp3) is 0.333. The normalized spacial score (nSPS) is 14.4. The van der Waals surface area contributed by atoms with Gasteiger partial charge in [-0.15, -0.1) is 0 Å². The second kappa shape index (κ2) is 5.36. The van der Waals surface area contributed by atoms with Gasteiger partial charge in [0.05, 0.1) is 11.1 Å². The SMILES string of the molecule is COCC(C)(N)c1noc(-c2ccc(F)c(Br)c2)n1. The lowest BCUT2D eigenvalue weighted by molar-refractivity contribution is 0.135. The topological polar surface area (TPSA) is 74.2 Å². The smallest absolute Gasteiger partial charge is 0.258 e. The monoisotopic (exact) mass is 329 g/mol. The van der Waals surface area contributed by atoms with Crippen molar-refractivity contribution in [1.82, 2.24) is 10.1 Å². The second-order valence-corrected chi connectivity index (χ2v) is 5.26. The Morgan fingerprint density at radius 2 is 2.26 bits per heavy atom. The molecule has 0 amide bonds. The molecule has 2 N–H and O–H groups in total. The minimum Gasteiger partial charge on any atom is -0.382 e. The molecule has 0 spiro atoms. The van der Waals surface area contributed by atoms with Crippen molar-refractivity contribution < 1.29 is 13.7 Å². The van der Waals surface area contributed by atoms with E-state index in [0.29, 0.717) is 15.9 Å². The number of halogens is 2. The van der Waals surface area contributed by atoms with Crippen molar-refractivity contribution in [2.24, 2.45) is 5.73 Å². The molecule has 102 valence electrons. The highest BCUT2D eigenvalue weighted by molar-refractivity contribution is 9.10. The molecule has 0 aliphatic carbocycles. The summed E-state index contributed by atoms with van der Waals surface area (Å²) in [6, 6.07) is 4.44. The molecule has 5 nitrogen and oxygen atoms in total. The summed E-state index contributed by atoms with van der Waals surface area (Å²) in [5.41, 5.74) is 5.79. The Kier molecular flexibility index (Phi) is 3.98. The molecule has 1 unspecified atom stereocenters. The molecule has 0 aliphatic heterocycles. The summed E-state index contributed by atoms with van der Waals surface area (Å²) < 4.78 is 23.6. The Labute approximate surface area is 118 Å². The minimum atomic E-state index is -0.840. The van der Waals surface area contributed by atoms with Gasteiger partial charge in [-0.05, 0) is 41.1 Å². The van der Waals surface area contributed by atoms with Crippen LogP contribution in [0.2, 0.25) is 0 Å². The van der Waals surface area contributed by atoms with Crippen LogP contribution in [0.4, 0.5) is 4.39 Å². The molecule has 2 rings (SSSR count). The van der Waals surface area contributed by atoms with Crippen molar-refractivity contribution >= 4 is 15.9 Å². The summed E-state index contributed by atoms with van der Waals surface area (Å²) in [4.78, 5) is 4.22. The molecule has 0 fully saturated rings. The van der Waals surface area contributed by atoms with E-state index in [-0.39, 0.29) is 18.3 Å². The highest BCUT2D eigenvalue weighted by Crippen LogP contribution is 2.25. The van der Waals surface area contributed by atoms with Gasteiger partial charge in [-0.1, -0.05) is 5.16 Å². The van der Waals surface area contributed by atoms with Crippen LogP contribution in [0, 0.1) is 5.82 Å². The predicted octanol–water partition coefficient (Wildman–Crippen LogP) is 2.46. The predicted molar refractivity (Wildman–Crippen MR) is 70.8 cm³/mol. The van der Waals surface area contributed by atoms with Gasteiger partial charge < -0.3 is 15.0 Å². The molecule has 1 aromatic heterocycles. The summed E-state index contributed by atoms with van der Waals surface area (Å²) in [5, 5.41) is 3.83. The third-order valence-corrected chi connectivity index (χ3v) is 3.16. The zero-order valence-corrected chi connectivity index (χ0v) is 12.1. The maximum absolute atomic E-state index is 13.2. The highest BCUT2D eigenvalue weighted by Gasteiger charge is 2.27. The Morgan fingerprint density at radius 1 is 1.53 bits per heavy atom. The summed E-state index contributed by atoms with van der Waals surface area (Å²) in [6.07, 6.45) is 0. The number of rotatable bonds is 4. The third-order valence-electron chi connectivity index (χ3n) is 2.55. The van der Waals surface area contributed by atoms with Crippen LogP contribution in [0.3, 0.4) is 0 Å². The van der Waals surface area contributed by atoms with Crippen LogP contribution in [0.15, 0.2) is 27.2 Å². The quantitative estimate of drug-likeness (QED) is 0.932. The van der Waals surface area contributed by atoms with E-state index in [1.807, 2.05) is 0 Å². The lowest BCUT2D eigenvalue weighted by atomic mass is 10.1. The minimum absolute atomic E-state index is 0.263. The zero-order valence-electron chi connectivity index (χ0n) is 10.5. The van der Waals surface area contributed by atoms with E-state index in [9.17, 15) is 4.39 Å². The number of aromatic nitrogens is 2. The molecular weight excluding hydrogens is 317 g/mol. The first-order valence-electron chi connectivity index (χ1n) is 5.51. The number of hydrogen-bond donors (Lipinski definition) is 1. The van der Waals surface area contributed by atoms with Gasteiger partial charge in [0.1, 0.15) is 11.4 Å². The first kappa shape index (κ1) is 14.1. The molecule has 1 aromatic carbocycles. The van der Waals surface area contributed by atoms with Crippen LogP contribution in [0.1, 0.15) is 12.7 Å². The fourth-order valence-corrected chi connectivity index (χ4v) is 1.95. The van der Waals surface area contributed by atoms with Crippen LogP contribution in [-0.2, 0) is 10.3 Å². The summed E-state index contributed by atoms with van der Waals surface area (Å²) in [7, 11) is 1.54. The number of ether oxygens (including phenoxy) is 1. The van der Waals surface area contributed by atoms with E-state index >= 15 is 0 Å². The number of nitrogens with zero attached hydrogens (tertiary/aromatic N) is 2. The van der Waals surface area contributed by atoms with Crippen molar-refractivity contribution in [2.75, 3.05) is 13.7 Å². The summed E-state index contributed by atoms with van der Waals surface area (Å²) in [5.74, 6) is 0.264. The van der Waals surface area contributed by atoms with Gasteiger partial charge in [0, 0.05) is 12.7 Å². The highest BCUT2D eigenvalue weighted by atomic mass is 79.9. The van der Waals surface area contributed by atoms with E-state index in [1.54, 1.807) is 26.2 Å². The van der Waals surface area contributed by atoms with E-state index in [0.717, 1.165) is 0 Å².